The minimum atomic E-state index is 0.936. The first kappa shape index (κ1) is 9.47. The van der Waals surface area contributed by atoms with Crippen LogP contribution in [0.2, 0.25) is 0 Å². The molecule has 0 radical (unpaired) electrons. The second-order valence-electron chi connectivity index (χ2n) is 4.41. The molecule has 76 valence electrons. The van der Waals surface area contributed by atoms with E-state index in [-0.39, 0.29) is 0 Å². The van der Waals surface area contributed by atoms with E-state index < -0.39 is 0 Å². The molecule has 1 N–H and O–H groups in total. The second-order valence-corrected chi connectivity index (χ2v) is 4.41. The van der Waals surface area contributed by atoms with Gasteiger partial charge in [-0.25, -0.2) is 0 Å². The average Bonchev–Trinajstić information content (AvgIpc) is 2.47. The summed E-state index contributed by atoms with van der Waals surface area (Å²) in [5.41, 5.74) is 0. The summed E-state index contributed by atoms with van der Waals surface area (Å²) < 4.78 is 5.40. The maximum Gasteiger partial charge on any atom is 0.0468 e. The molecule has 0 aromatic carbocycles. The number of hydrogen-bond acceptors (Lipinski definition) is 2. The van der Waals surface area contributed by atoms with E-state index in [4.69, 9.17) is 4.74 Å². The molecule has 2 fully saturated rings. The summed E-state index contributed by atoms with van der Waals surface area (Å²) in [5.74, 6) is 1.88. The van der Waals surface area contributed by atoms with Gasteiger partial charge in [0.05, 0.1) is 0 Å². The van der Waals surface area contributed by atoms with Gasteiger partial charge in [-0.2, -0.15) is 0 Å². The molecule has 0 aromatic rings. The molecule has 2 aliphatic rings. The molecule has 2 heteroatoms. The van der Waals surface area contributed by atoms with Crippen LogP contribution in [0.1, 0.15) is 32.1 Å². The maximum atomic E-state index is 5.40. The largest absolute Gasteiger partial charge is 0.381 e. The molecule has 0 saturated carbocycles. The Morgan fingerprint density at radius 2 is 1.77 bits per heavy atom. The average molecular weight is 183 g/mol. The van der Waals surface area contributed by atoms with Crippen molar-refractivity contribution < 1.29 is 4.74 Å². The minimum absolute atomic E-state index is 0.936. The van der Waals surface area contributed by atoms with Crippen molar-refractivity contribution in [1.29, 1.82) is 0 Å². The highest BCUT2D eigenvalue weighted by Gasteiger charge is 2.24. The third-order valence-electron chi connectivity index (χ3n) is 3.52. The molecule has 0 spiro atoms. The van der Waals surface area contributed by atoms with Crippen LogP contribution < -0.4 is 5.32 Å². The first-order valence-corrected chi connectivity index (χ1v) is 5.75. The number of rotatable bonds is 1. The zero-order chi connectivity index (χ0) is 8.93. The molecule has 1 atom stereocenters. The van der Waals surface area contributed by atoms with Crippen molar-refractivity contribution in [1.82, 2.24) is 5.32 Å². The predicted molar refractivity (Wildman–Crippen MR) is 53.8 cm³/mol. The van der Waals surface area contributed by atoms with Gasteiger partial charge in [-0.05, 0) is 50.6 Å². The van der Waals surface area contributed by atoms with Crippen LogP contribution in [0.15, 0.2) is 0 Å². The Hall–Kier alpha value is -0.0800. The zero-order valence-electron chi connectivity index (χ0n) is 8.43. The third kappa shape index (κ3) is 2.68. The second kappa shape index (κ2) is 4.97. The molecule has 1 unspecified atom stereocenters. The van der Waals surface area contributed by atoms with Gasteiger partial charge in [0.15, 0.2) is 0 Å². The Balaban J connectivity index is 1.82. The van der Waals surface area contributed by atoms with Crippen LogP contribution in [-0.4, -0.2) is 26.3 Å². The van der Waals surface area contributed by atoms with Crippen molar-refractivity contribution in [3.63, 3.8) is 0 Å². The molecule has 0 bridgehead atoms. The predicted octanol–water partition coefficient (Wildman–Crippen LogP) is 1.80. The van der Waals surface area contributed by atoms with Crippen molar-refractivity contribution in [2.75, 3.05) is 26.3 Å². The van der Waals surface area contributed by atoms with Gasteiger partial charge >= 0.3 is 0 Å². The van der Waals surface area contributed by atoms with Gasteiger partial charge in [0.1, 0.15) is 0 Å². The highest BCUT2D eigenvalue weighted by molar-refractivity contribution is 4.76. The van der Waals surface area contributed by atoms with E-state index in [1.807, 2.05) is 0 Å². The Bertz CT molecular complexity index is 135. The van der Waals surface area contributed by atoms with Gasteiger partial charge < -0.3 is 10.1 Å². The molecule has 2 saturated heterocycles. The van der Waals surface area contributed by atoms with E-state index >= 15 is 0 Å². The molecule has 2 rings (SSSR count). The van der Waals surface area contributed by atoms with E-state index in [1.165, 1.54) is 45.2 Å². The van der Waals surface area contributed by atoms with Crippen LogP contribution >= 0.6 is 0 Å². The van der Waals surface area contributed by atoms with Gasteiger partial charge in [-0.3, -0.25) is 0 Å². The van der Waals surface area contributed by atoms with Crippen molar-refractivity contribution in [3.8, 4) is 0 Å². The molecule has 0 amide bonds. The molecular weight excluding hydrogens is 162 g/mol. The van der Waals surface area contributed by atoms with E-state index in [0.29, 0.717) is 0 Å². The lowest BCUT2D eigenvalue weighted by atomic mass is 9.83. The Kier molecular flexibility index (Phi) is 3.62. The van der Waals surface area contributed by atoms with E-state index in [2.05, 4.69) is 5.32 Å². The topological polar surface area (TPSA) is 21.3 Å². The number of hydrogen-bond donors (Lipinski definition) is 1. The first-order chi connectivity index (χ1) is 6.47. The van der Waals surface area contributed by atoms with E-state index in [9.17, 15) is 0 Å². The SMILES string of the molecule is C1CCC(C2CCOCC2)CNC1. The lowest BCUT2D eigenvalue weighted by Gasteiger charge is -2.29. The molecule has 2 aliphatic heterocycles. The fraction of sp³-hybridized carbons (Fsp3) is 1.00. The van der Waals surface area contributed by atoms with Gasteiger partial charge in [0.25, 0.3) is 0 Å². The van der Waals surface area contributed by atoms with E-state index in [0.717, 1.165) is 25.0 Å². The summed E-state index contributed by atoms with van der Waals surface area (Å²) in [6.07, 6.45) is 6.84. The van der Waals surface area contributed by atoms with Gasteiger partial charge in [-0.1, -0.05) is 6.42 Å². The first-order valence-electron chi connectivity index (χ1n) is 5.75. The van der Waals surface area contributed by atoms with Crippen molar-refractivity contribution in [2.24, 2.45) is 11.8 Å². The Morgan fingerprint density at radius 1 is 0.923 bits per heavy atom. The molecule has 13 heavy (non-hydrogen) atoms. The van der Waals surface area contributed by atoms with E-state index in [1.54, 1.807) is 0 Å². The quantitative estimate of drug-likeness (QED) is 0.669. The molecule has 0 aromatic heterocycles. The van der Waals surface area contributed by atoms with Crippen LogP contribution in [0.5, 0.6) is 0 Å². The molecule has 2 nitrogen and oxygen atoms in total. The van der Waals surface area contributed by atoms with Crippen molar-refractivity contribution in [2.45, 2.75) is 32.1 Å². The molecular formula is C11H21NO. The summed E-state index contributed by atoms with van der Waals surface area (Å²) in [6, 6.07) is 0. The lowest BCUT2D eigenvalue weighted by molar-refractivity contribution is 0.0457. The normalized spacial score (nSPS) is 32.8. The minimum Gasteiger partial charge on any atom is -0.381 e. The van der Waals surface area contributed by atoms with Crippen LogP contribution in [-0.2, 0) is 4.74 Å². The Morgan fingerprint density at radius 3 is 2.62 bits per heavy atom. The standard InChI is InChI=1S/C11H21NO/c1-2-6-12-9-11(3-1)10-4-7-13-8-5-10/h10-12H,1-9H2. The van der Waals surface area contributed by atoms with Gasteiger partial charge in [0, 0.05) is 13.2 Å². The fourth-order valence-corrected chi connectivity index (χ4v) is 2.64. The van der Waals surface area contributed by atoms with Gasteiger partial charge in [-0.15, -0.1) is 0 Å². The summed E-state index contributed by atoms with van der Waals surface area (Å²) in [4.78, 5) is 0. The fourth-order valence-electron chi connectivity index (χ4n) is 2.64. The monoisotopic (exact) mass is 183 g/mol. The molecule has 0 aliphatic carbocycles. The third-order valence-corrected chi connectivity index (χ3v) is 3.52. The summed E-state index contributed by atoms with van der Waals surface area (Å²) in [7, 11) is 0. The summed E-state index contributed by atoms with van der Waals surface area (Å²) in [6.45, 7) is 4.49. The smallest absolute Gasteiger partial charge is 0.0468 e. The van der Waals surface area contributed by atoms with Crippen LogP contribution in [0, 0.1) is 11.8 Å². The highest BCUT2D eigenvalue weighted by atomic mass is 16.5. The van der Waals surface area contributed by atoms with Crippen LogP contribution in [0.3, 0.4) is 0 Å². The van der Waals surface area contributed by atoms with Crippen LogP contribution in [0.4, 0.5) is 0 Å². The number of nitrogens with one attached hydrogen (secondary N) is 1. The summed E-state index contributed by atoms with van der Waals surface area (Å²) in [5, 5.41) is 3.55. The Labute approximate surface area is 81.0 Å². The lowest BCUT2D eigenvalue weighted by Crippen LogP contribution is -2.30. The van der Waals surface area contributed by atoms with Crippen molar-refractivity contribution >= 4 is 0 Å². The molecule has 2 heterocycles. The maximum absolute atomic E-state index is 5.40. The van der Waals surface area contributed by atoms with Gasteiger partial charge in [0.2, 0.25) is 0 Å². The van der Waals surface area contributed by atoms with Crippen molar-refractivity contribution in [3.05, 3.63) is 0 Å². The zero-order valence-corrected chi connectivity index (χ0v) is 8.43. The van der Waals surface area contributed by atoms with Crippen LogP contribution in [0.25, 0.3) is 0 Å². The highest BCUT2D eigenvalue weighted by Crippen LogP contribution is 2.28. The number of ether oxygens (including phenoxy) is 1. The summed E-state index contributed by atoms with van der Waals surface area (Å²) >= 11 is 0.